The minimum atomic E-state index is -3.47. The summed E-state index contributed by atoms with van der Waals surface area (Å²) < 4.78 is 27.3. The third kappa shape index (κ3) is 4.32. The van der Waals surface area contributed by atoms with E-state index in [1.165, 1.54) is 37.4 Å². The fourth-order valence-corrected chi connectivity index (χ4v) is 5.85. The molecule has 2 heterocycles. The molecule has 1 N–H and O–H groups in total. The van der Waals surface area contributed by atoms with Crippen LogP contribution >= 0.6 is 0 Å². The third-order valence-electron chi connectivity index (χ3n) is 6.39. The Morgan fingerprint density at radius 1 is 1.00 bits per heavy atom. The molecule has 2 aromatic rings. The van der Waals surface area contributed by atoms with E-state index in [-0.39, 0.29) is 10.3 Å². The normalized spacial score (nSPS) is 20.6. The topological polar surface area (TPSA) is 65.5 Å². The molecule has 29 heavy (non-hydrogen) atoms. The van der Waals surface area contributed by atoms with Crippen molar-refractivity contribution >= 4 is 15.8 Å². The van der Waals surface area contributed by atoms with Crippen LogP contribution < -0.4 is 5.32 Å². The molecule has 6 nitrogen and oxygen atoms in total. The Morgan fingerprint density at radius 2 is 1.69 bits per heavy atom. The number of rotatable bonds is 6. The zero-order chi connectivity index (χ0) is 20.3. The van der Waals surface area contributed by atoms with Crippen LogP contribution in [0.2, 0.25) is 0 Å². The van der Waals surface area contributed by atoms with Crippen LogP contribution in [0.3, 0.4) is 0 Å². The Labute approximate surface area is 174 Å². The van der Waals surface area contributed by atoms with E-state index in [9.17, 15) is 8.42 Å². The molecule has 0 atom stereocenters. The van der Waals surface area contributed by atoms with Gasteiger partial charge in [0.15, 0.2) is 0 Å². The van der Waals surface area contributed by atoms with Crippen molar-refractivity contribution in [3.8, 4) is 0 Å². The summed E-state index contributed by atoms with van der Waals surface area (Å²) >= 11 is 0. The van der Waals surface area contributed by atoms with Crippen LogP contribution in [0.5, 0.6) is 0 Å². The highest BCUT2D eigenvalue weighted by atomic mass is 32.2. The van der Waals surface area contributed by atoms with E-state index in [4.69, 9.17) is 0 Å². The van der Waals surface area contributed by atoms with Crippen molar-refractivity contribution in [1.82, 2.24) is 14.2 Å². The van der Waals surface area contributed by atoms with Crippen molar-refractivity contribution in [2.24, 2.45) is 0 Å². The lowest BCUT2D eigenvalue weighted by atomic mass is 9.79. The monoisotopic (exact) mass is 414 g/mol. The van der Waals surface area contributed by atoms with Crippen molar-refractivity contribution < 1.29 is 8.42 Å². The molecule has 1 saturated heterocycles. The van der Waals surface area contributed by atoms with E-state index >= 15 is 0 Å². The second-order valence-electron chi connectivity index (χ2n) is 8.29. The first-order chi connectivity index (χ1) is 14.0. The van der Waals surface area contributed by atoms with E-state index in [1.807, 2.05) is 7.05 Å². The minimum absolute atomic E-state index is 0.132. The van der Waals surface area contributed by atoms with Crippen LogP contribution in [0, 0.1) is 0 Å². The van der Waals surface area contributed by atoms with Crippen LogP contribution in [0.15, 0.2) is 53.6 Å². The van der Waals surface area contributed by atoms with Gasteiger partial charge in [-0.3, -0.25) is 0 Å². The standard InChI is InChI=1S/C22H30N4O2S/c1-25-13-15-26(16-14-25)29(27,28)20-9-10-21(23-17-20)24-18-22(11-5-6-12-22)19-7-3-2-4-8-19/h2-4,7-10,17H,5-6,11-16,18H2,1H3,(H,23,24). The molecule has 0 radical (unpaired) electrons. The van der Waals surface area contributed by atoms with Crippen LogP contribution in [0.25, 0.3) is 0 Å². The molecule has 156 valence electrons. The van der Waals surface area contributed by atoms with Crippen LogP contribution in [0.1, 0.15) is 31.2 Å². The molecule has 2 fully saturated rings. The molecule has 7 heteroatoms. The summed E-state index contributed by atoms with van der Waals surface area (Å²) in [7, 11) is -1.46. The number of piperazine rings is 1. The highest BCUT2D eigenvalue weighted by molar-refractivity contribution is 7.89. The van der Waals surface area contributed by atoms with Gasteiger partial charge in [-0.1, -0.05) is 43.2 Å². The fourth-order valence-electron chi connectivity index (χ4n) is 4.49. The smallest absolute Gasteiger partial charge is 0.244 e. The Balaban J connectivity index is 1.44. The van der Waals surface area contributed by atoms with E-state index in [0.29, 0.717) is 13.1 Å². The van der Waals surface area contributed by atoms with Gasteiger partial charge in [0.2, 0.25) is 10.0 Å². The van der Waals surface area contributed by atoms with Gasteiger partial charge < -0.3 is 10.2 Å². The van der Waals surface area contributed by atoms with E-state index in [1.54, 1.807) is 16.4 Å². The van der Waals surface area contributed by atoms with Gasteiger partial charge in [0.25, 0.3) is 0 Å². The number of nitrogens with zero attached hydrogens (tertiary/aromatic N) is 3. The Kier molecular flexibility index (Phi) is 5.90. The Hall–Kier alpha value is -1.96. The number of benzene rings is 1. The number of anilines is 1. The number of pyridine rings is 1. The predicted molar refractivity (Wildman–Crippen MR) is 116 cm³/mol. The molecule has 0 bridgehead atoms. The van der Waals surface area contributed by atoms with Gasteiger partial charge in [0.1, 0.15) is 10.7 Å². The van der Waals surface area contributed by atoms with Gasteiger partial charge >= 0.3 is 0 Å². The van der Waals surface area contributed by atoms with Crippen molar-refractivity contribution in [3.63, 3.8) is 0 Å². The number of hydrogen-bond donors (Lipinski definition) is 1. The minimum Gasteiger partial charge on any atom is -0.369 e. The fraction of sp³-hybridized carbons (Fsp3) is 0.500. The third-order valence-corrected chi connectivity index (χ3v) is 8.27. The van der Waals surface area contributed by atoms with E-state index in [0.717, 1.165) is 25.5 Å². The summed E-state index contributed by atoms with van der Waals surface area (Å²) in [6.45, 7) is 3.38. The molecule has 1 aliphatic heterocycles. The maximum Gasteiger partial charge on any atom is 0.244 e. The van der Waals surface area contributed by atoms with Crippen molar-refractivity contribution in [2.45, 2.75) is 36.0 Å². The molecule has 4 rings (SSSR count). The van der Waals surface area contributed by atoms with Crippen LogP contribution in [-0.4, -0.2) is 62.4 Å². The van der Waals surface area contributed by atoms with Gasteiger partial charge in [-0.2, -0.15) is 4.31 Å². The molecule has 1 aromatic heterocycles. The molecule has 0 spiro atoms. The number of nitrogens with one attached hydrogen (secondary N) is 1. The summed E-state index contributed by atoms with van der Waals surface area (Å²) in [4.78, 5) is 6.82. The summed E-state index contributed by atoms with van der Waals surface area (Å²) in [5.41, 5.74) is 1.51. The molecule has 0 unspecified atom stereocenters. The zero-order valence-electron chi connectivity index (χ0n) is 17.0. The molecular weight excluding hydrogens is 384 g/mol. The van der Waals surface area contributed by atoms with E-state index in [2.05, 4.69) is 45.5 Å². The van der Waals surface area contributed by atoms with Gasteiger partial charge in [-0.05, 0) is 37.6 Å². The molecule has 1 aromatic carbocycles. The van der Waals surface area contributed by atoms with Crippen molar-refractivity contribution in [3.05, 3.63) is 54.2 Å². The SMILES string of the molecule is CN1CCN(S(=O)(=O)c2ccc(NCC3(c4ccccc4)CCCC3)nc2)CC1. The number of sulfonamides is 1. The van der Waals surface area contributed by atoms with Gasteiger partial charge in [-0.15, -0.1) is 0 Å². The zero-order valence-corrected chi connectivity index (χ0v) is 17.9. The summed E-state index contributed by atoms with van der Waals surface area (Å²) in [5.74, 6) is 0.726. The molecule has 2 aliphatic rings. The molecular formula is C22H30N4O2S. The average Bonchev–Trinajstić information content (AvgIpc) is 3.24. The lowest BCUT2D eigenvalue weighted by Gasteiger charge is -2.31. The summed E-state index contributed by atoms with van der Waals surface area (Å²) in [6.07, 6.45) is 6.30. The predicted octanol–water partition coefficient (Wildman–Crippen LogP) is 2.94. The molecule has 1 saturated carbocycles. The number of hydrogen-bond acceptors (Lipinski definition) is 5. The Bertz CT molecular complexity index is 902. The van der Waals surface area contributed by atoms with Gasteiger partial charge in [-0.25, -0.2) is 13.4 Å². The summed E-state index contributed by atoms with van der Waals surface area (Å²) in [6, 6.07) is 14.2. The lowest BCUT2D eigenvalue weighted by molar-refractivity contribution is 0.222. The first kappa shape index (κ1) is 20.3. The Morgan fingerprint density at radius 3 is 2.31 bits per heavy atom. The molecule has 0 amide bonds. The highest BCUT2D eigenvalue weighted by Crippen LogP contribution is 2.41. The van der Waals surface area contributed by atoms with Gasteiger partial charge in [0.05, 0.1) is 0 Å². The highest BCUT2D eigenvalue weighted by Gasteiger charge is 2.35. The maximum absolute atomic E-state index is 12.9. The average molecular weight is 415 g/mol. The second-order valence-corrected chi connectivity index (χ2v) is 10.2. The maximum atomic E-state index is 12.9. The van der Waals surface area contributed by atoms with Crippen molar-refractivity contribution in [1.29, 1.82) is 0 Å². The molecule has 1 aliphatic carbocycles. The summed E-state index contributed by atoms with van der Waals surface area (Å²) in [5, 5.41) is 3.46. The van der Waals surface area contributed by atoms with Crippen LogP contribution in [0.4, 0.5) is 5.82 Å². The van der Waals surface area contributed by atoms with Crippen molar-refractivity contribution in [2.75, 3.05) is 45.1 Å². The number of aromatic nitrogens is 1. The lowest BCUT2D eigenvalue weighted by Crippen LogP contribution is -2.47. The van der Waals surface area contributed by atoms with Crippen LogP contribution in [-0.2, 0) is 15.4 Å². The van der Waals surface area contributed by atoms with E-state index < -0.39 is 10.0 Å². The number of likely N-dealkylation sites (N-methyl/N-ethyl adjacent to an activating group) is 1. The quantitative estimate of drug-likeness (QED) is 0.787. The van der Waals surface area contributed by atoms with Gasteiger partial charge in [0, 0.05) is 44.3 Å². The second kappa shape index (κ2) is 8.42. The largest absolute Gasteiger partial charge is 0.369 e. The first-order valence-corrected chi connectivity index (χ1v) is 11.9. The first-order valence-electron chi connectivity index (χ1n) is 10.4.